The molecule has 5 rings (SSSR count). The van der Waals surface area contributed by atoms with Gasteiger partial charge in [-0.2, -0.15) is 10.2 Å². The second-order valence-electron chi connectivity index (χ2n) is 10.6. The van der Waals surface area contributed by atoms with Crippen LogP contribution in [-0.4, -0.2) is 46.4 Å². The summed E-state index contributed by atoms with van der Waals surface area (Å²) in [6.45, 7) is 0. The number of halogens is 2. The first-order valence-corrected chi connectivity index (χ1v) is 14.2. The van der Waals surface area contributed by atoms with Crippen molar-refractivity contribution < 1.29 is 27.8 Å². The molecule has 2 atom stereocenters. The largest absolute Gasteiger partial charge is 0.497 e. The van der Waals surface area contributed by atoms with E-state index >= 15 is 0 Å². The van der Waals surface area contributed by atoms with Gasteiger partial charge in [-0.25, -0.2) is 8.78 Å². The highest BCUT2D eigenvalue weighted by molar-refractivity contribution is 5.92. The van der Waals surface area contributed by atoms with E-state index in [4.69, 9.17) is 9.47 Å². The maximum atomic E-state index is 14.1. The van der Waals surface area contributed by atoms with Crippen molar-refractivity contribution in [1.82, 2.24) is 20.4 Å². The molecule has 0 saturated heterocycles. The lowest BCUT2D eigenvalue weighted by Crippen LogP contribution is -2.19. The quantitative estimate of drug-likeness (QED) is 0.248. The predicted octanol–water partition coefficient (Wildman–Crippen LogP) is 5.37. The predicted molar refractivity (Wildman–Crippen MR) is 159 cm³/mol. The lowest BCUT2D eigenvalue weighted by Gasteiger charge is -2.28. The highest BCUT2D eigenvalue weighted by Crippen LogP contribution is 2.40. The van der Waals surface area contributed by atoms with Crippen LogP contribution >= 0.6 is 0 Å². The fourth-order valence-corrected chi connectivity index (χ4v) is 5.33. The third-order valence-corrected chi connectivity index (χ3v) is 7.62. The number of aromatic nitrogens is 4. The fourth-order valence-electron chi connectivity index (χ4n) is 5.33. The van der Waals surface area contributed by atoms with Gasteiger partial charge in [0.05, 0.1) is 38.4 Å². The van der Waals surface area contributed by atoms with Gasteiger partial charge in [0.15, 0.2) is 11.6 Å². The summed E-state index contributed by atoms with van der Waals surface area (Å²) in [7, 11) is 2.95. The molecule has 0 bridgehead atoms. The van der Waals surface area contributed by atoms with Crippen LogP contribution in [0.25, 0.3) is 0 Å². The zero-order valence-corrected chi connectivity index (χ0v) is 24.3. The number of methoxy groups -OCH3 is 2. The molecule has 0 unspecified atom stereocenters. The van der Waals surface area contributed by atoms with Gasteiger partial charge in [0, 0.05) is 23.0 Å². The molecule has 2 amide bonds. The second kappa shape index (κ2) is 14.0. The van der Waals surface area contributed by atoms with Crippen molar-refractivity contribution in [3.05, 3.63) is 94.8 Å². The lowest BCUT2D eigenvalue weighted by atomic mass is 9.78. The minimum absolute atomic E-state index is 0.149. The fraction of sp³-hybridized carbons (Fsp3) is 0.312. The van der Waals surface area contributed by atoms with Gasteiger partial charge in [-0.05, 0) is 79.9 Å². The van der Waals surface area contributed by atoms with Gasteiger partial charge in [-0.1, -0.05) is 6.42 Å². The van der Waals surface area contributed by atoms with Crippen LogP contribution < -0.4 is 20.1 Å². The zero-order chi connectivity index (χ0) is 31.1. The van der Waals surface area contributed by atoms with Crippen molar-refractivity contribution >= 4 is 23.5 Å². The Balaban J connectivity index is 1.14. The lowest BCUT2D eigenvalue weighted by molar-refractivity contribution is -0.116. The maximum absolute atomic E-state index is 14.1. The molecule has 12 heteroatoms. The Hall–Kier alpha value is -5.00. The highest BCUT2D eigenvalue weighted by atomic mass is 19.1. The molecule has 1 aliphatic carbocycles. The third kappa shape index (κ3) is 7.68. The number of amides is 2. The highest BCUT2D eigenvalue weighted by Gasteiger charge is 2.27. The number of rotatable bonds is 10. The summed E-state index contributed by atoms with van der Waals surface area (Å²) < 4.78 is 38.4. The number of nitrogens with zero attached hydrogens (tertiary/aromatic N) is 4. The monoisotopic (exact) mass is 602 g/mol. The molecule has 10 nitrogen and oxygen atoms in total. The number of hydrogen-bond donors (Lipinski definition) is 2. The number of carbonyl (C=O) groups is 2. The molecule has 2 aromatic carbocycles. The van der Waals surface area contributed by atoms with Gasteiger partial charge in [0.1, 0.15) is 23.1 Å². The van der Waals surface area contributed by atoms with Crippen molar-refractivity contribution in [3.63, 3.8) is 0 Å². The standard InChI is InChI=1S/C32H32F2N6O4/c1-43-23-6-8-25(33)21(15-23)17-31(41)35-29-12-10-27(37-39-29)19-4-3-5-20(14-19)28-11-13-30(40-38-28)36-32(42)18-22-16-24(44-2)7-9-26(22)34/h6-13,15-16,19-20H,3-5,14,17-18H2,1-2H3,(H,35,39,41)(H,36,40,42)/t19-,20-/m0/s1. The van der Waals surface area contributed by atoms with Gasteiger partial charge >= 0.3 is 0 Å². The van der Waals surface area contributed by atoms with Gasteiger partial charge in [0.25, 0.3) is 0 Å². The Morgan fingerprint density at radius 3 is 1.55 bits per heavy atom. The van der Waals surface area contributed by atoms with Crippen LogP contribution in [0.15, 0.2) is 60.7 Å². The molecule has 2 N–H and O–H groups in total. The average molecular weight is 603 g/mol. The Morgan fingerprint density at radius 1 is 0.705 bits per heavy atom. The summed E-state index contributed by atoms with van der Waals surface area (Å²) in [6, 6.07) is 15.6. The van der Waals surface area contributed by atoms with E-state index in [9.17, 15) is 18.4 Å². The average Bonchev–Trinajstić information content (AvgIpc) is 3.04. The van der Waals surface area contributed by atoms with E-state index < -0.39 is 23.4 Å². The van der Waals surface area contributed by atoms with E-state index in [2.05, 4.69) is 31.0 Å². The second-order valence-corrected chi connectivity index (χ2v) is 10.6. The minimum Gasteiger partial charge on any atom is -0.497 e. The summed E-state index contributed by atoms with van der Waals surface area (Å²) in [5, 5.41) is 22.4. The number of hydrogen-bond acceptors (Lipinski definition) is 8. The molecular weight excluding hydrogens is 570 g/mol. The molecule has 1 aliphatic rings. The SMILES string of the molecule is COc1ccc(F)c(CC(=O)Nc2ccc([C@H]3CCC[C@H](c4ccc(NC(=O)Cc5cc(OC)ccc5F)nn4)C3)nn2)c1. The molecule has 228 valence electrons. The number of nitrogens with one attached hydrogen (secondary N) is 2. The molecule has 0 aliphatic heterocycles. The van der Waals surface area contributed by atoms with Crippen LogP contribution in [0, 0.1) is 11.6 Å². The van der Waals surface area contributed by atoms with Crippen LogP contribution in [0.3, 0.4) is 0 Å². The Kier molecular flexibility index (Phi) is 9.68. The Morgan fingerprint density at radius 2 is 1.16 bits per heavy atom. The molecule has 2 aromatic heterocycles. The van der Waals surface area contributed by atoms with E-state index in [0.717, 1.165) is 37.1 Å². The zero-order valence-electron chi connectivity index (χ0n) is 24.3. The molecule has 1 fully saturated rings. The van der Waals surface area contributed by atoms with E-state index in [0.29, 0.717) is 11.5 Å². The summed E-state index contributed by atoms with van der Waals surface area (Å²) in [5.74, 6) is 0.00196. The van der Waals surface area contributed by atoms with Gasteiger partial charge in [-0.15, -0.1) is 10.2 Å². The molecule has 0 spiro atoms. The number of anilines is 2. The topological polar surface area (TPSA) is 128 Å². The summed E-state index contributed by atoms with van der Waals surface area (Å²) in [4.78, 5) is 25.0. The maximum Gasteiger partial charge on any atom is 0.230 e. The van der Waals surface area contributed by atoms with E-state index in [1.54, 1.807) is 12.1 Å². The number of benzene rings is 2. The van der Waals surface area contributed by atoms with E-state index in [1.807, 2.05) is 12.1 Å². The Labute approximate surface area is 253 Å². The third-order valence-electron chi connectivity index (χ3n) is 7.62. The van der Waals surface area contributed by atoms with Crippen molar-refractivity contribution in [1.29, 1.82) is 0 Å². The molecular formula is C32H32F2N6O4. The first-order chi connectivity index (χ1) is 21.3. The Bertz CT molecular complexity index is 1500. The van der Waals surface area contributed by atoms with E-state index in [-0.39, 0.29) is 47.4 Å². The van der Waals surface area contributed by atoms with Crippen LogP contribution in [0.1, 0.15) is 60.0 Å². The normalized spacial score (nSPS) is 16.2. The van der Waals surface area contributed by atoms with Gasteiger partial charge in [0.2, 0.25) is 11.8 Å². The molecule has 2 heterocycles. The van der Waals surface area contributed by atoms with Crippen molar-refractivity contribution in [2.45, 2.75) is 50.4 Å². The molecule has 0 radical (unpaired) electrons. The summed E-state index contributed by atoms with van der Waals surface area (Å²) in [5.41, 5.74) is 2.07. The minimum atomic E-state index is -0.487. The van der Waals surface area contributed by atoms with Crippen LogP contribution in [0.4, 0.5) is 20.4 Å². The van der Waals surface area contributed by atoms with Crippen molar-refractivity contribution in [3.8, 4) is 11.5 Å². The van der Waals surface area contributed by atoms with Crippen molar-refractivity contribution in [2.24, 2.45) is 0 Å². The first-order valence-electron chi connectivity index (χ1n) is 14.2. The summed E-state index contributed by atoms with van der Waals surface area (Å²) in [6.07, 6.45) is 3.31. The molecule has 1 saturated carbocycles. The first kappa shape index (κ1) is 30.5. The summed E-state index contributed by atoms with van der Waals surface area (Å²) >= 11 is 0. The number of carbonyl (C=O) groups excluding carboxylic acids is 2. The molecule has 4 aromatic rings. The number of ether oxygens (including phenoxy) is 2. The van der Waals surface area contributed by atoms with Gasteiger partial charge in [-0.3, -0.25) is 9.59 Å². The van der Waals surface area contributed by atoms with E-state index in [1.165, 1.54) is 50.6 Å². The van der Waals surface area contributed by atoms with Crippen LogP contribution in [0.5, 0.6) is 11.5 Å². The van der Waals surface area contributed by atoms with Crippen LogP contribution in [0.2, 0.25) is 0 Å². The molecule has 44 heavy (non-hydrogen) atoms. The smallest absolute Gasteiger partial charge is 0.230 e. The van der Waals surface area contributed by atoms with Crippen LogP contribution in [-0.2, 0) is 22.4 Å². The van der Waals surface area contributed by atoms with Crippen molar-refractivity contribution in [2.75, 3.05) is 24.9 Å². The van der Waals surface area contributed by atoms with Gasteiger partial charge < -0.3 is 20.1 Å².